The molecule has 0 aliphatic rings. The van der Waals surface area contributed by atoms with Gasteiger partial charge in [-0.05, 0) is 20.8 Å². The van der Waals surface area contributed by atoms with Gasteiger partial charge in [-0.3, -0.25) is 0 Å². The summed E-state index contributed by atoms with van der Waals surface area (Å²) in [5, 5.41) is 2.27. The van der Waals surface area contributed by atoms with Crippen LogP contribution in [0.5, 0.6) is 0 Å². The van der Waals surface area contributed by atoms with E-state index in [-0.39, 0.29) is 6.54 Å². The van der Waals surface area contributed by atoms with Crippen LogP contribution in [0.1, 0.15) is 23.5 Å². The van der Waals surface area contributed by atoms with Crippen molar-refractivity contribution in [2.45, 2.75) is 26.4 Å². The first kappa shape index (κ1) is 7.28. The number of amides is 1. The maximum absolute atomic E-state index is 11.0. The van der Waals surface area contributed by atoms with Crippen LogP contribution in [0.15, 0.2) is 0 Å². The lowest BCUT2D eigenvalue weighted by Crippen LogP contribution is -2.33. The van der Waals surface area contributed by atoms with E-state index in [9.17, 15) is 4.79 Å². The van der Waals surface area contributed by atoms with Gasteiger partial charge in [-0.2, -0.15) is 12.6 Å². The first-order valence-electron chi connectivity index (χ1n) is 4.29. The molecule has 0 aliphatic carbocycles. The summed E-state index contributed by atoms with van der Waals surface area (Å²) in [6.45, 7) is 5.04. The molecule has 1 amide bonds. The van der Waals surface area contributed by atoms with Crippen molar-refractivity contribution in [3.8, 4) is 0 Å². The minimum Gasteiger partial charge on any atom is -0.444 e. The number of hydrogen-bond donors (Lipinski definition) is 2. The van der Waals surface area contributed by atoms with E-state index in [1.807, 2.05) is 0 Å². The fourth-order valence-corrected chi connectivity index (χ4v) is 0.505. The third-order valence-electron chi connectivity index (χ3n) is 0.711. The van der Waals surface area contributed by atoms with E-state index in [1.54, 1.807) is 20.8 Å². The average molecular weight is 179 g/mol. The number of alkyl carbamates (subject to hydrolysis) is 1. The average Bonchev–Trinajstić information content (AvgIpc) is 1.78. The van der Waals surface area contributed by atoms with Crippen LogP contribution in [-0.2, 0) is 4.74 Å². The van der Waals surface area contributed by atoms with Crippen LogP contribution >= 0.6 is 12.6 Å². The molecule has 0 rings (SSSR count). The van der Waals surface area contributed by atoms with E-state index in [2.05, 4.69) is 17.9 Å². The quantitative estimate of drug-likeness (QED) is 0.629. The Morgan fingerprint density at radius 1 is 1.73 bits per heavy atom. The molecule has 0 aromatic rings. The number of rotatable bonds is 2. The highest BCUT2D eigenvalue weighted by atomic mass is 32.1. The highest BCUT2D eigenvalue weighted by Gasteiger charge is 2.14. The molecule has 3 nitrogen and oxygen atoms in total. The number of hydrogen-bond acceptors (Lipinski definition) is 3. The molecule has 66 valence electrons. The SMILES string of the molecule is [2H]C([2H])(S)CNC(=O)OC(C)(C)C. The number of carbonyl (C=O) groups is 1. The number of thiol groups is 1. The fourth-order valence-electron chi connectivity index (χ4n) is 0.426. The Hall–Kier alpha value is -0.380. The number of carbonyl (C=O) groups excluding carboxylic acids is 1. The van der Waals surface area contributed by atoms with E-state index in [1.165, 1.54) is 0 Å². The van der Waals surface area contributed by atoms with Gasteiger partial charge in [0, 0.05) is 15.0 Å². The summed E-state index contributed by atoms with van der Waals surface area (Å²) in [7, 11) is 0. The Balaban J connectivity index is 3.78. The van der Waals surface area contributed by atoms with Gasteiger partial charge in [0.15, 0.2) is 0 Å². The molecule has 0 bridgehead atoms. The normalized spacial score (nSPS) is 14.9. The molecule has 0 fully saturated rings. The highest BCUT2D eigenvalue weighted by Crippen LogP contribution is 2.05. The predicted octanol–water partition coefficient (Wildman–Crippen LogP) is 1.44. The maximum Gasteiger partial charge on any atom is 0.407 e. The Kier molecular flexibility index (Phi) is 2.97. The summed E-state index contributed by atoms with van der Waals surface area (Å²) in [6, 6.07) is 0. The molecule has 1 N–H and O–H groups in total. The van der Waals surface area contributed by atoms with Gasteiger partial charge in [0.1, 0.15) is 5.60 Å². The van der Waals surface area contributed by atoms with Crippen LogP contribution in [0.2, 0.25) is 0 Å². The first-order valence-corrected chi connectivity index (χ1v) is 3.74. The van der Waals surface area contributed by atoms with E-state index in [0.717, 1.165) is 0 Å². The predicted molar refractivity (Wildman–Crippen MR) is 48.1 cm³/mol. The summed E-state index contributed by atoms with van der Waals surface area (Å²) in [4.78, 5) is 11.0. The van der Waals surface area contributed by atoms with Crippen molar-refractivity contribution in [2.75, 3.05) is 12.2 Å². The van der Waals surface area contributed by atoms with Crippen LogP contribution in [0.3, 0.4) is 0 Å². The summed E-state index contributed by atoms with van der Waals surface area (Å²) in [6.07, 6.45) is -0.634. The summed E-state index contributed by atoms with van der Waals surface area (Å²) in [5.74, 6) is 0. The standard InChI is InChI=1S/C7H15NO2S/c1-7(2,3)10-6(9)8-4-5-11/h11H,4-5H2,1-3H3,(H,8,9)/i5D2. The van der Waals surface area contributed by atoms with Crippen molar-refractivity contribution in [3.05, 3.63) is 0 Å². The summed E-state index contributed by atoms with van der Waals surface area (Å²) < 4.78 is 18.9. The molecule has 0 spiro atoms. The van der Waals surface area contributed by atoms with Gasteiger partial charge in [0.25, 0.3) is 0 Å². The lowest BCUT2D eigenvalue weighted by Gasteiger charge is -2.19. The Morgan fingerprint density at radius 2 is 2.27 bits per heavy atom. The second-order valence-electron chi connectivity index (χ2n) is 3.01. The summed E-state index contributed by atoms with van der Waals surface area (Å²) in [5.41, 5.74) is -2.27. The lowest BCUT2D eigenvalue weighted by molar-refractivity contribution is 0.0531. The van der Waals surface area contributed by atoms with Crippen molar-refractivity contribution >= 4 is 18.7 Å². The van der Waals surface area contributed by atoms with Crippen LogP contribution in [0, 0.1) is 0 Å². The van der Waals surface area contributed by atoms with Crippen LogP contribution in [0.4, 0.5) is 4.79 Å². The van der Waals surface area contributed by atoms with Crippen molar-refractivity contribution < 1.29 is 12.3 Å². The third kappa shape index (κ3) is 7.52. The topological polar surface area (TPSA) is 38.3 Å². The van der Waals surface area contributed by atoms with E-state index in [0.29, 0.717) is 0 Å². The largest absolute Gasteiger partial charge is 0.444 e. The Bertz CT molecular complexity index is 186. The van der Waals surface area contributed by atoms with Gasteiger partial charge >= 0.3 is 6.09 Å². The van der Waals surface area contributed by atoms with Crippen LogP contribution in [0.25, 0.3) is 0 Å². The maximum atomic E-state index is 11.0. The zero-order chi connectivity index (χ0) is 10.7. The second-order valence-corrected chi connectivity index (χ2v) is 3.33. The minimum atomic E-state index is -1.71. The molecule has 0 radical (unpaired) electrons. The number of ether oxygens (including phenoxy) is 1. The summed E-state index contributed by atoms with van der Waals surface area (Å²) >= 11 is 3.60. The molecular formula is C7H15NO2S. The zero-order valence-corrected chi connectivity index (χ0v) is 7.87. The molecule has 0 saturated heterocycles. The number of nitrogens with one attached hydrogen (secondary N) is 1. The molecule has 0 aromatic heterocycles. The van der Waals surface area contributed by atoms with E-state index < -0.39 is 17.4 Å². The van der Waals surface area contributed by atoms with Gasteiger partial charge < -0.3 is 10.1 Å². The molecule has 11 heavy (non-hydrogen) atoms. The molecule has 4 heteroatoms. The van der Waals surface area contributed by atoms with Gasteiger partial charge in [0.05, 0.1) is 0 Å². The van der Waals surface area contributed by atoms with Crippen LogP contribution in [-0.4, -0.2) is 23.9 Å². The van der Waals surface area contributed by atoms with Crippen molar-refractivity contribution in [2.24, 2.45) is 0 Å². The Morgan fingerprint density at radius 3 is 2.64 bits per heavy atom. The monoisotopic (exact) mass is 179 g/mol. The molecule has 0 atom stereocenters. The van der Waals surface area contributed by atoms with Crippen LogP contribution < -0.4 is 5.32 Å². The van der Waals surface area contributed by atoms with Crippen molar-refractivity contribution in [3.63, 3.8) is 0 Å². The lowest BCUT2D eigenvalue weighted by atomic mass is 10.2. The molecular weight excluding hydrogens is 162 g/mol. The van der Waals surface area contributed by atoms with E-state index in [4.69, 9.17) is 7.48 Å². The third-order valence-corrected chi connectivity index (χ3v) is 0.869. The zero-order valence-electron chi connectivity index (χ0n) is 8.97. The van der Waals surface area contributed by atoms with Gasteiger partial charge in [-0.25, -0.2) is 4.79 Å². The van der Waals surface area contributed by atoms with E-state index >= 15 is 0 Å². The minimum absolute atomic E-state index is 0.176. The molecule has 0 saturated carbocycles. The van der Waals surface area contributed by atoms with Crippen molar-refractivity contribution in [1.82, 2.24) is 5.32 Å². The second kappa shape index (κ2) is 4.49. The Labute approximate surface area is 75.7 Å². The van der Waals surface area contributed by atoms with Gasteiger partial charge in [-0.1, -0.05) is 0 Å². The smallest absolute Gasteiger partial charge is 0.407 e. The molecule has 0 aliphatic heterocycles. The van der Waals surface area contributed by atoms with Gasteiger partial charge in [-0.15, -0.1) is 0 Å². The molecule has 0 unspecified atom stereocenters. The first-order chi connectivity index (χ1) is 5.60. The highest BCUT2D eigenvalue weighted by molar-refractivity contribution is 7.80. The molecule has 0 heterocycles. The fraction of sp³-hybridized carbons (Fsp3) is 0.857. The molecule has 0 aromatic carbocycles. The van der Waals surface area contributed by atoms with Crippen molar-refractivity contribution in [1.29, 1.82) is 0 Å². The van der Waals surface area contributed by atoms with Gasteiger partial charge in [0.2, 0.25) is 0 Å².